The maximum Gasteiger partial charge on any atom is 0.379 e. The molecule has 3 aromatic carbocycles. The van der Waals surface area contributed by atoms with Crippen molar-refractivity contribution in [3.05, 3.63) is 94.4 Å². The van der Waals surface area contributed by atoms with Crippen LogP contribution in [0, 0.1) is 0 Å². The number of fused-ring (bicyclic) bond motifs is 1. The maximum absolute atomic E-state index is 12.4. The Kier molecular flexibility index (Phi) is 6.85. The van der Waals surface area contributed by atoms with Gasteiger partial charge in [-0.25, -0.2) is 10.2 Å². The van der Waals surface area contributed by atoms with E-state index >= 15 is 0 Å². The Morgan fingerprint density at radius 3 is 2.61 bits per heavy atom. The van der Waals surface area contributed by atoms with E-state index in [0.717, 1.165) is 20.8 Å². The van der Waals surface area contributed by atoms with Crippen LogP contribution in [0.3, 0.4) is 0 Å². The SMILES string of the molecule is COc1cc(C=NNC(=O)Cc2ccc(Br)c3ccccc23)ccc1OC(=O)c1ccco1. The molecular formula is C25H19BrN2O5. The Hall–Kier alpha value is -3.91. The lowest BCUT2D eigenvalue weighted by Crippen LogP contribution is -2.19. The average Bonchev–Trinajstić information content (AvgIpc) is 3.37. The number of hydrazone groups is 1. The summed E-state index contributed by atoms with van der Waals surface area (Å²) >= 11 is 3.54. The van der Waals surface area contributed by atoms with Crippen molar-refractivity contribution in [2.24, 2.45) is 5.10 Å². The summed E-state index contributed by atoms with van der Waals surface area (Å²) in [7, 11) is 1.46. The maximum atomic E-state index is 12.4. The third-order valence-corrected chi connectivity index (χ3v) is 5.52. The lowest BCUT2D eigenvalue weighted by Gasteiger charge is -2.09. The first kappa shape index (κ1) is 22.3. The van der Waals surface area contributed by atoms with Gasteiger partial charge in [0.1, 0.15) is 0 Å². The number of hydrogen-bond acceptors (Lipinski definition) is 6. The van der Waals surface area contributed by atoms with Gasteiger partial charge in [0.25, 0.3) is 0 Å². The van der Waals surface area contributed by atoms with Crippen LogP contribution in [0.4, 0.5) is 0 Å². The normalized spacial score (nSPS) is 11.0. The summed E-state index contributed by atoms with van der Waals surface area (Å²) in [6.45, 7) is 0. The number of esters is 1. The molecule has 1 amide bonds. The molecule has 33 heavy (non-hydrogen) atoms. The molecular weight excluding hydrogens is 488 g/mol. The summed E-state index contributed by atoms with van der Waals surface area (Å²) in [5, 5.41) is 6.09. The molecule has 0 saturated carbocycles. The molecule has 0 aliphatic carbocycles. The lowest BCUT2D eigenvalue weighted by molar-refractivity contribution is -0.120. The molecule has 0 atom stereocenters. The number of nitrogens with zero attached hydrogens (tertiary/aromatic N) is 1. The van der Waals surface area contributed by atoms with Crippen LogP contribution in [0.5, 0.6) is 11.5 Å². The number of nitrogens with one attached hydrogen (secondary N) is 1. The molecule has 166 valence electrons. The molecule has 0 saturated heterocycles. The molecule has 1 aromatic heterocycles. The first-order valence-electron chi connectivity index (χ1n) is 9.97. The fourth-order valence-electron chi connectivity index (χ4n) is 3.26. The summed E-state index contributed by atoms with van der Waals surface area (Å²) in [4.78, 5) is 24.5. The quantitative estimate of drug-likeness (QED) is 0.162. The molecule has 0 bridgehead atoms. The lowest BCUT2D eigenvalue weighted by atomic mass is 10.0. The summed E-state index contributed by atoms with van der Waals surface area (Å²) < 4.78 is 16.6. The molecule has 0 aliphatic heterocycles. The van der Waals surface area contributed by atoms with E-state index in [1.807, 2.05) is 36.4 Å². The second-order valence-corrected chi connectivity index (χ2v) is 7.85. The van der Waals surface area contributed by atoms with E-state index in [1.54, 1.807) is 24.3 Å². The number of carbonyl (C=O) groups excluding carboxylic acids is 2. The zero-order valence-corrected chi connectivity index (χ0v) is 19.2. The molecule has 0 fully saturated rings. The zero-order chi connectivity index (χ0) is 23.2. The van der Waals surface area contributed by atoms with Crippen LogP contribution in [0.25, 0.3) is 10.8 Å². The predicted octanol–water partition coefficient (Wildman–Crippen LogP) is 5.12. The van der Waals surface area contributed by atoms with E-state index in [9.17, 15) is 9.59 Å². The molecule has 1 N–H and O–H groups in total. The topological polar surface area (TPSA) is 90.1 Å². The van der Waals surface area contributed by atoms with Crippen molar-refractivity contribution in [2.45, 2.75) is 6.42 Å². The van der Waals surface area contributed by atoms with Crippen molar-refractivity contribution in [3.8, 4) is 11.5 Å². The van der Waals surface area contributed by atoms with Gasteiger partial charge >= 0.3 is 5.97 Å². The van der Waals surface area contributed by atoms with Gasteiger partial charge in [0, 0.05) is 4.47 Å². The van der Waals surface area contributed by atoms with Gasteiger partial charge < -0.3 is 13.9 Å². The summed E-state index contributed by atoms with van der Waals surface area (Å²) in [6.07, 6.45) is 3.06. The summed E-state index contributed by atoms with van der Waals surface area (Å²) in [5.74, 6) is -0.209. The van der Waals surface area contributed by atoms with E-state index < -0.39 is 5.97 Å². The minimum absolute atomic E-state index is 0.0870. The van der Waals surface area contributed by atoms with Crippen molar-refractivity contribution in [3.63, 3.8) is 0 Å². The fourth-order valence-corrected chi connectivity index (χ4v) is 3.74. The van der Waals surface area contributed by atoms with Crippen LogP contribution in [-0.4, -0.2) is 25.2 Å². The highest BCUT2D eigenvalue weighted by molar-refractivity contribution is 9.10. The van der Waals surface area contributed by atoms with Crippen molar-refractivity contribution >= 4 is 44.8 Å². The largest absolute Gasteiger partial charge is 0.493 e. The standard InChI is InChI=1S/C25H19BrN2O5/c1-31-23-13-16(8-11-21(23)33-25(30)22-7-4-12-32-22)15-27-28-24(29)14-17-9-10-20(26)19-6-3-2-5-18(17)19/h2-13,15H,14H2,1H3,(H,28,29). The van der Waals surface area contributed by atoms with E-state index in [0.29, 0.717) is 11.3 Å². The van der Waals surface area contributed by atoms with Gasteiger partial charge in [-0.2, -0.15) is 5.10 Å². The number of furan rings is 1. The number of carbonyl (C=O) groups is 2. The summed E-state index contributed by atoms with van der Waals surface area (Å²) in [5.41, 5.74) is 4.10. The van der Waals surface area contributed by atoms with Gasteiger partial charge in [-0.1, -0.05) is 46.3 Å². The number of ether oxygens (including phenoxy) is 2. The van der Waals surface area contributed by atoms with Gasteiger partial charge in [-0.05, 0) is 58.3 Å². The van der Waals surface area contributed by atoms with Gasteiger partial charge in [0.15, 0.2) is 11.5 Å². The molecule has 7 nitrogen and oxygen atoms in total. The zero-order valence-electron chi connectivity index (χ0n) is 17.6. The van der Waals surface area contributed by atoms with Crippen LogP contribution >= 0.6 is 15.9 Å². The fraction of sp³-hybridized carbons (Fsp3) is 0.0800. The van der Waals surface area contributed by atoms with Crippen LogP contribution in [-0.2, 0) is 11.2 Å². The minimum Gasteiger partial charge on any atom is -0.493 e. The monoisotopic (exact) mass is 506 g/mol. The van der Waals surface area contributed by atoms with Crippen molar-refractivity contribution in [2.75, 3.05) is 7.11 Å². The Morgan fingerprint density at radius 2 is 1.85 bits per heavy atom. The Labute approximate surface area is 198 Å². The number of halogens is 1. The molecule has 4 rings (SSSR count). The molecule has 8 heteroatoms. The van der Waals surface area contributed by atoms with Crippen molar-refractivity contribution in [1.29, 1.82) is 0 Å². The number of methoxy groups -OCH3 is 1. The molecule has 0 unspecified atom stereocenters. The first-order valence-corrected chi connectivity index (χ1v) is 10.8. The molecule has 1 heterocycles. The average molecular weight is 507 g/mol. The number of hydrogen-bond donors (Lipinski definition) is 1. The second-order valence-electron chi connectivity index (χ2n) is 7.00. The predicted molar refractivity (Wildman–Crippen MR) is 128 cm³/mol. The van der Waals surface area contributed by atoms with Crippen LogP contribution < -0.4 is 14.9 Å². The molecule has 0 radical (unpaired) electrons. The highest BCUT2D eigenvalue weighted by atomic mass is 79.9. The number of amides is 1. The van der Waals surface area contributed by atoms with Gasteiger partial charge in [-0.15, -0.1) is 0 Å². The highest BCUT2D eigenvalue weighted by Gasteiger charge is 2.15. The Morgan fingerprint density at radius 1 is 1.03 bits per heavy atom. The van der Waals surface area contributed by atoms with Gasteiger partial charge in [-0.3, -0.25) is 4.79 Å². The Bertz CT molecular complexity index is 1330. The first-order chi connectivity index (χ1) is 16.0. The van der Waals surface area contributed by atoms with Gasteiger partial charge in [0.2, 0.25) is 11.7 Å². The van der Waals surface area contributed by atoms with E-state index in [1.165, 1.54) is 25.7 Å². The van der Waals surface area contributed by atoms with E-state index in [-0.39, 0.29) is 23.8 Å². The third kappa shape index (κ3) is 5.30. The Balaban J connectivity index is 1.40. The highest BCUT2D eigenvalue weighted by Crippen LogP contribution is 2.29. The van der Waals surface area contributed by atoms with Crippen LogP contribution in [0.2, 0.25) is 0 Å². The second kappa shape index (κ2) is 10.1. The molecule has 0 spiro atoms. The molecule has 0 aliphatic rings. The number of benzene rings is 3. The van der Waals surface area contributed by atoms with Crippen molar-refractivity contribution < 1.29 is 23.5 Å². The van der Waals surface area contributed by atoms with Gasteiger partial charge in [0.05, 0.1) is 26.0 Å². The molecule has 4 aromatic rings. The third-order valence-electron chi connectivity index (χ3n) is 4.83. The van der Waals surface area contributed by atoms with Crippen molar-refractivity contribution in [1.82, 2.24) is 5.43 Å². The summed E-state index contributed by atoms with van der Waals surface area (Å²) in [6, 6.07) is 19.8. The van der Waals surface area contributed by atoms with Crippen LogP contribution in [0.1, 0.15) is 21.7 Å². The van der Waals surface area contributed by atoms with Crippen LogP contribution in [0.15, 0.2) is 87.0 Å². The number of rotatable bonds is 7. The van der Waals surface area contributed by atoms with E-state index in [4.69, 9.17) is 13.9 Å². The van der Waals surface area contributed by atoms with E-state index in [2.05, 4.69) is 26.5 Å². The smallest absolute Gasteiger partial charge is 0.379 e. The minimum atomic E-state index is -0.632.